The molecule has 146 valence electrons. The van der Waals surface area contributed by atoms with Crippen molar-refractivity contribution < 1.29 is 23.0 Å². The van der Waals surface area contributed by atoms with Crippen molar-refractivity contribution in [1.82, 2.24) is 4.72 Å². The van der Waals surface area contributed by atoms with E-state index in [9.17, 15) is 13.5 Å². The van der Waals surface area contributed by atoms with Gasteiger partial charge in [-0.3, -0.25) is 0 Å². The summed E-state index contributed by atoms with van der Waals surface area (Å²) in [5, 5.41) is 10.9. The van der Waals surface area contributed by atoms with E-state index in [1.165, 1.54) is 0 Å². The van der Waals surface area contributed by atoms with E-state index in [0.717, 1.165) is 11.1 Å². The molecule has 2 aromatic carbocycles. The Labute approximate surface area is 160 Å². The highest BCUT2D eigenvalue weighted by atomic mass is 32.2. The molecule has 0 amide bonds. The molecule has 0 saturated carbocycles. The molecular formula is C20H25NO5S. The molecule has 1 heterocycles. The lowest BCUT2D eigenvalue weighted by Crippen LogP contribution is -2.39. The standard InChI is InChI=1S/C20H25NO5S/c1-12-8-13(2)15(4)19(14(12)3)27(23,24)21-10-20(5,22)16-6-7-17-18(9-16)26-11-25-17/h6-9,21-22H,10-11H2,1-5H3. The zero-order valence-corrected chi connectivity index (χ0v) is 17.0. The summed E-state index contributed by atoms with van der Waals surface area (Å²) in [5.41, 5.74) is 2.40. The third kappa shape index (κ3) is 3.67. The maximum Gasteiger partial charge on any atom is 0.241 e. The van der Waals surface area contributed by atoms with E-state index in [1.807, 2.05) is 19.9 Å². The van der Waals surface area contributed by atoms with Crippen LogP contribution in [0.2, 0.25) is 0 Å². The Balaban J connectivity index is 1.87. The molecule has 0 aromatic heterocycles. The van der Waals surface area contributed by atoms with Crippen LogP contribution in [0.5, 0.6) is 11.5 Å². The van der Waals surface area contributed by atoms with Gasteiger partial charge in [0.2, 0.25) is 16.8 Å². The first-order chi connectivity index (χ1) is 12.5. The number of hydrogen-bond donors (Lipinski definition) is 2. The van der Waals surface area contributed by atoms with Crippen LogP contribution >= 0.6 is 0 Å². The molecule has 0 fully saturated rings. The summed E-state index contributed by atoms with van der Waals surface area (Å²) >= 11 is 0. The molecule has 0 saturated heterocycles. The molecule has 0 bridgehead atoms. The molecular weight excluding hydrogens is 366 g/mol. The minimum absolute atomic E-state index is 0.138. The first-order valence-electron chi connectivity index (χ1n) is 8.72. The van der Waals surface area contributed by atoms with Gasteiger partial charge in [0.1, 0.15) is 5.60 Å². The third-order valence-corrected chi connectivity index (χ3v) is 6.84. The van der Waals surface area contributed by atoms with Crippen molar-refractivity contribution in [1.29, 1.82) is 0 Å². The molecule has 1 atom stereocenters. The van der Waals surface area contributed by atoms with Gasteiger partial charge in [-0.15, -0.1) is 0 Å². The fourth-order valence-corrected chi connectivity index (χ4v) is 4.97. The van der Waals surface area contributed by atoms with Gasteiger partial charge in [-0.25, -0.2) is 13.1 Å². The summed E-state index contributed by atoms with van der Waals surface area (Å²) in [4.78, 5) is 0.279. The lowest BCUT2D eigenvalue weighted by molar-refractivity contribution is 0.0625. The van der Waals surface area contributed by atoms with Crippen molar-refractivity contribution in [3.05, 3.63) is 52.1 Å². The zero-order chi connectivity index (χ0) is 20.0. The second-order valence-corrected chi connectivity index (χ2v) is 8.96. The fourth-order valence-electron chi connectivity index (χ4n) is 3.23. The predicted octanol–water partition coefficient (Wildman–Crippen LogP) is 2.83. The van der Waals surface area contributed by atoms with Gasteiger partial charge in [0.15, 0.2) is 11.5 Å². The van der Waals surface area contributed by atoms with Gasteiger partial charge in [-0.1, -0.05) is 12.1 Å². The highest BCUT2D eigenvalue weighted by Crippen LogP contribution is 2.35. The van der Waals surface area contributed by atoms with E-state index in [4.69, 9.17) is 9.47 Å². The van der Waals surface area contributed by atoms with Crippen LogP contribution in [0, 0.1) is 27.7 Å². The third-order valence-electron chi connectivity index (χ3n) is 5.17. The Hall–Kier alpha value is -2.09. The predicted molar refractivity (Wildman–Crippen MR) is 103 cm³/mol. The van der Waals surface area contributed by atoms with Crippen molar-refractivity contribution >= 4 is 10.0 Å². The quantitative estimate of drug-likeness (QED) is 0.819. The van der Waals surface area contributed by atoms with Crippen LogP contribution in [-0.4, -0.2) is 26.9 Å². The number of sulfonamides is 1. The SMILES string of the molecule is Cc1cc(C)c(C)c(S(=O)(=O)NCC(C)(O)c2ccc3c(c2)OCO3)c1C. The number of aryl methyl sites for hydroxylation is 2. The van der Waals surface area contributed by atoms with Crippen LogP contribution in [-0.2, 0) is 15.6 Å². The Morgan fingerprint density at radius 1 is 1.04 bits per heavy atom. The van der Waals surface area contributed by atoms with Gasteiger partial charge in [0, 0.05) is 6.54 Å². The fraction of sp³-hybridized carbons (Fsp3) is 0.400. The first kappa shape index (κ1) is 19.7. The Morgan fingerprint density at radius 3 is 2.26 bits per heavy atom. The number of rotatable bonds is 5. The highest BCUT2D eigenvalue weighted by molar-refractivity contribution is 7.89. The lowest BCUT2D eigenvalue weighted by Gasteiger charge is -2.25. The molecule has 1 unspecified atom stereocenters. The normalized spacial score (nSPS) is 15.6. The van der Waals surface area contributed by atoms with Crippen LogP contribution in [0.1, 0.15) is 34.7 Å². The molecule has 2 aromatic rings. The zero-order valence-electron chi connectivity index (χ0n) is 16.2. The van der Waals surface area contributed by atoms with Gasteiger partial charge in [0.05, 0.1) is 4.90 Å². The molecule has 0 radical (unpaired) electrons. The maximum atomic E-state index is 13.0. The maximum absolute atomic E-state index is 13.0. The van der Waals surface area contributed by atoms with Crippen LogP contribution in [0.25, 0.3) is 0 Å². The second kappa shape index (κ2) is 6.82. The summed E-state index contributed by atoms with van der Waals surface area (Å²) in [5.74, 6) is 1.15. The minimum Gasteiger partial charge on any atom is -0.454 e. The number of benzene rings is 2. The van der Waals surface area contributed by atoms with Crippen molar-refractivity contribution in [2.45, 2.75) is 45.1 Å². The van der Waals surface area contributed by atoms with Crippen LogP contribution in [0.4, 0.5) is 0 Å². The first-order valence-corrected chi connectivity index (χ1v) is 10.2. The Kier molecular flexibility index (Phi) is 4.96. The summed E-state index contributed by atoms with van der Waals surface area (Å²) in [6, 6.07) is 7.06. The van der Waals surface area contributed by atoms with E-state index in [0.29, 0.717) is 28.2 Å². The number of fused-ring (bicyclic) bond motifs is 1. The lowest BCUT2D eigenvalue weighted by atomic mass is 9.96. The molecule has 0 aliphatic carbocycles. The molecule has 7 heteroatoms. The summed E-state index contributed by atoms with van der Waals surface area (Å²) in [6.45, 7) is 8.92. The van der Waals surface area contributed by atoms with Crippen LogP contribution in [0.15, 0.2) is 29.2 Å². The smallest absolute Gasteiger partial charge is 0.241 e. The highest BCUT2D eigenvalue weighted by Gasteiger charge is 2.30. The largest absolute Gasteiger partial charge is 0.454 e. The van der Waals surface area contributed by atoms with Gasteiger partial charge < -0.3 is 14.6 Å². The topological polar surface area (TPSA) is 84.9 Å². The van der Waals surface area contributed by atoms with E-state index in [2.05, 4.69) is 4.72 Å². The molecule has 27 heavy (non-hydrogen) atoms. The second-order valence-electron chi connectivity index (χ2n) is 7.26. The van der Waals surface area contributed by atoms with Crippen LogP contribution < -0.4 is 14.2 Å². The van der Waals surface area contributed by atoms with E-state index >= 15 is 0 Å². The van der Waals surface area contributed by atoms with E-state index < -0.39 is 15.6 Å². The minimum atomic E-state index is -3.79. The molecule has 3 rings (SSSR count). The van der Waals surface area contributed by atoms with Crippen LogP contribution in [0.3, 0.4) is 0 Å². The van der Waals surface area contributed by atoms with Gasteiger partial charge in [0.25, 0.3) is 0 Å². The molecule has 1 aliphatic rings. The van der Waals surface area contributed by atoms with Gasteiger partial charge in [-0.05, 0) is 74.6 Å². The number of ether oxygens (including phenoxy) is 2. The Bertz CT molecular complexity index is 970. The summed E-state index contributed by atoms with van der Waals surface area (Å²) < 4.78 is 39.1. The molecule has 0 spiro atoms. The average molecular weight is 391 g/mol. The molecule has 6 nitrogen and oxygen atoms in total. The monoisotopic (exact) mass is 391 g/mol. The molecule has 1 aliphatic heterocycles. The number of hydrogen-bond acceptors (Lipinski definition) is 5. The number of aliphatic hydroxyl groups is 1. The van der Waals surface area contributed by atoms with Crippen molar-refractivity contribution in [3.8, 4) is 11.5 Å². The average Bonchev–Trinajstić information content (AvgIpc) is 3.06. The number of nitrogens with one attached hydrogen (secondary N) is 1. The van der Waals surface area contributed by atoms with Gasteiger partial charge >= 0.3 is 0 Å². The summed E-state index contributed by atoms with van der Waals surface area (Å²) in [7, 11) is -3.79. The Morgan fingerprint density at radius 2 is 1.63 bits per heavy atom. The van der Waals surface area contributed by atoms with E-state index in [-0.39, 0.29) is 18.2 Å². The van der Waals surface area contributed by atoms with E-state index in [1.54, 1.807) is 39.0 Å². The van der Waals surface area contributed by atoms with Crippen molar-refractivity contribution in [2.24, 2.45) is 0 Å². The van der Waals surface area contributed by atoms with Gasteiger partial charge in [-0.2, -0.15) is 0 Å². The summed E-state index contributed by atoms with van der Waals surface area (Å²) in [6.07, 6.45) is 0. The molecule has 2 N–H and O–H groups in total. The van der Waals surface area contributed by atoms with Crippen molar-refractivity contribution in [3.63, 3.8) is 0 Å². The van der Waals surface area contributed by atoms with Crippen molar-refractivity contribution in [2.75, 3.05) is 13.3 Å².